The van der Waals surface area contributed by atoms with Crippen LogP contribution in [0.1, 0.15) is 38.6 Å². The van der Waals surface area contributed by atoms with Crippen LogP contribution in [0, 0.1) is 12.3 Å². The number of hydrogen-bond acceptors (Lipinski definition) is 2. The van der Waals surface area contributed by atoms with Crippen LogP contribution in [0.3, 0.4) is 0 Å². The van der Waals surface area contributed by atoms with Gasteiger partial charge in [0, 0.05) is 7.05 Å². The first kappa shape index (κ1) is 10.2. The number of aromatic nitrogens is 3. The van der Waals surface area contributed by atoms with Gasteiger partial charge in [0.2, 0.25) is 0 Å². The molecule has 0 aromatic carbocycles. The molecule has 3 nitrogen and oxygen atoms in total. The fourth-order valence-corrected chi connectivity index (χ4v) is 1.29. The van der Waals surface area contributed by atoms with Crippen molar-refractivity contribution in [2.24, 2.45) is 12.5 Å². The van der Waals surface area contributed by atoms with Crippen LogP contribution < -0.4 is 0 Å². The lowest BCUT2D eigenvalue weighted by molar-refractivity contribution is 0.344. The Hall–Kier alpha value is -0.860. The number of rotatable bonds is 3. The molecule has 0 aliphatic heterocycles. The van der Waals surface area contributed by atoms with Crippen LogP contribution in [-0.4, -0.2) is 15.0 Å². The van der Waals surface area contributed by atoms with Gasteiger partial charge in [0.05, 0.1) is 11.4 Å². The summed E-state index contributed by atoms with van der Waals surface area (Å²) in [7, 11) is 1.87. The van der Waals surface area contributed by atoms with Gasteiger partial charge < -0.3 is 0 Å². The molecule has 0 fully saturated rings. The molecule has 0 saturated carbocycles. The SMILES string of the molecule is CCC(C)(C)Cc1nn(C)nc1C. The minimum Gasteiger partial charge on any atom is -0.188 e. The van der Waals surface area contributed by atoms with E-state index in [0.29, 0.717) is 5.41 Å². The Kier molecular flexibility index (Phi) is 2.74. The Balaban J connectivity index is 2.79. The maximum absolute atomic E-state index is 4.35. The maximum atomic E-state index is 4.35. The smallest absolute Gasteiger partial charge is 0.0861 e. The lowest BCUT2D eigenvalue weighted by Gasteiger charge is -2.20. The third-order valence-electron chi connectivity index (χ3n) is 2.58. The highest BCUT2D eigenvalue weighted by atomic mass is 15.5. The highest BCUT2D eigenvalue weighted by Crippen LogP contribution is 2.25. The van der Waals surface area contributed by atoms with Crippen LogP contribution in [0.5, 0.6) is 0 Å². The summed E-state index contributed by atoms with van der Waals surface area (Å²) in [5, 5.41) is 8.58. The van der Waals surface area contributed by atoms with E-state index in [4.69, 9.17) is 0 Å². The molecule has 74 valence electrons. The fraction of sp³-hybridized carbons (Fsp3) is 0.800. The Bertz CT molecular complexity index is 286. The van der Waals surface area contributed by atoms with Gasteiger partial charge in [-0.1, -0.05) is 27.2 Å². The number of aryl methyl sites for hydroxylation is 2. The predicted molar refractivity (Wildman–Crippen MR) is 53.5 cm³/mol. The first-order valence-corrected chi connectivity index (χ1v) is 4.81. The Morgan fingerprint density at radius 1 is 1.31 bits per heavy atom. The van der Waals surface area contributed by atoms with Gasteiger partial charge in [0.25, 0.3) is 0 Å². The van der Waals surface area contributed by atoms with Crippen LogP contribution >= 0.6 is 0 Å². The molecule has 0 saturated heterocycles. The normalized spacial score (nSPS) is 12.1. The first-order valence-electron chi connectivity index (χ1n) is 4.81. The monoisotopic (exact) mass is 181 g/mol. The van der Waals surface area contributed by atoms with Gasteiger partial charge in [0.15, 0.2) is 0 Å². The van der Waals surface area contributed by atoms with Gasteiger partial charge in [-0.2, -0.15) is 15.0 Å². The molecule has 0 spiro atoms. The van der Waals surface area contributed by atoms with Gasteiger partial charge >= 0.3 is 0 Å². The summed E-state index contributed by atoms with van der Waals surface area (Å²) in [5.41, 5.74) is 2.53. The molecule has 13 heavy (non-hydrogen) atoms. The van der Waals surface area contributed by atoms with E-state index in [2.05, 4.69) is 31.0 Å². The zero-order valence-corrected chi connectivity index (χ0v) is 9.26. The second-order valence-corrected chi connectivity index (χ2v) is 4.42. The average Bonchev–Trinajstić information content (AvgIpc) is 2.30. The third kappa shape index (κ3) is 2.54. The summed E-state index contributed by atoms with van der Waals surface area (Å²) in [4.78, 5) is 1.65. The summed E-state index contributed by atoms with van der Waals surface area (Å²) in [6.07, 6.45) is 2.19. The second kappa shape index (κ2) is 3.48. The summed E-state index contributed by atoms with van der Waals surface area (Å²) < 4.78 is 0. The van der Waals surface area contributed by atoms with Gasteiger partial charge in [-0.15, -0.1) is 0 Å². The summed E-state index contributed by atoms with van der Waals surface area (Å²) >= 11 is 0. The van der Waals surface area contributed by atoms with Crippen LogP contribution in [0.25, 0.3) is 0 Å². The van der Waals surface area contributed by atoms with Crippen LogP contribution in [0.2, 0.25) is 0 Å². The molecule has 0 N–H and O–H groups in total. The highest BCUT2D eigenvalue weighted by Gasteiger charge is 2.19. The summed E-state index contributed by atoms with van der Waals surface area (Å²) in [6.45, 7) is 8.77. The molecule has 0 radical (unpaired) electrons. The molecule has 3 heteroatoms. The van der Waals surface area contributed by atoms with E-state index in [0.717, 1.165) is 17.8 Å². The molecule has 1 aromatic heterocycles. The van der Waals surface area contributed by atoms with Gasteiger partial charge in [-0.25, -0.2) is 0 Å². The van der Waals surface area contributed by atoms with Crippen molar-refractivity contribution in [3.63, 3.8) is 0 Å². The predicted octanol–water partition coefficient (Wildman–Crippen LogP) is 2.10. The van der Waals surface area contributed by atoms with Gasteiger partial charge in [-0.05, 0) is 18.8 Å². The van der Waals surface area contributed by atoms with E-state index in [9.17, 15) is 0 Å². The van der Waals surface area contributed by atoms with Crippen molar-refractivity contribution >= 4 is 0 Å². The maximum Gasteiger partial charge on any atom is 0.0861 e. The molecule has 0 atom stereocenters. The van der Waals surface area contributed by atoms with Gasteiger partial charge in [-0.3, -0.25) is 0 Å². The standard InChI is InChI=1S/C10H19N3/c1-6-10(3,4)7-9-8(2)11-13(5)12-9/h6-7H2,1-5H3. The zero-order chi connectivity index (χ0) is 10.1. The van der Waals surface area contributed by atoms with E-state index < -0.39 is 0 Å². The molecular weight excluding hydrogens is 162 g/mol. The van der Waals surface area contributed by atoms with Crippen molar-refractivity contribution in [3.8, 4) is 0 Å². The van der Waals surface area contributed by atoms with Crippen molar-refractivity contribution in [1.82, 2.24) is 15.0 Å². The van der Waals surface area contributed by atoms with Crippen molar-refractivity contribution in [2.75, 3.05) is 0 Å². The van der Waals surface area contributed by atoms with Crippen LogP contribution in [-0.2, 0) is 13.5 Å². The van der Waals surface area contributed by atoms with Crippen molar-refractivity contribution in [2.45, 2.75) is 40.5 Å². The lowest BCUT2D eigenvalue weighted by Crippen LogP contribution is -2.14. The van der Waals surface area contributed by atoms with Crippen LogP contribution in [0.15, 0.2) is 0 Å². The number of nitrogens with zero attached hydrogens (tertiary/aromatic N) is 3. The molecule has 1 heterocycles. The molecule has 0 unspecified atom stereocenters. The topological polar surface area (TPSA) is 30.7 Å². The summed E-state index contributed by atoms with van der Waals surface area (Å²) in [5.74, 6) is 0. The molecule has 1 aromatic rings. The quantitative estimate of drug-likeness (QED) is 0.715. The Labute approximate surface area is 80.1 Å². The van der Waals surface area contributed by atoms with Crippen LogP contribution in [0.4, 0.5) is 0 Å². The molecule has 0 aliphatic carbocycles. The molecular formula is C10H19N3. The molecule has 0 bridgehead atoms. The third-order valence-corrected chi connectivity index (χ3v) is 2.58. The van der Waals surface area contributed by atoms with E-state index in [1.54, 1.807) is 4.80 Å². The minimum absolute atomic E-state index is 0.334. The second-order valence-electron chi connectivity index (χ2n) is 4.42. The molecule has 1 rings (SSSR count). The van der Waals surface area contributed by atoms with E-state index in [-0.39, 0.29) is 0 Å². The Morgan fingerprint density at radius 2 is 1.92 bits per heavy atom. The summed E-state index contributed by atoms with van der Waals surface area (Å²) in [6, 6.07) is 0. The Morgan fingerprint density at radius 3 is 2.31 bits per heavy atom. The van der Waals surface area contributed by atoms with Gasteiger partial charge in [0.1, 0.15) is 0 Å². The lowest BCUT2D eigenvalue weighted by atomic mass is 9.85. The minimum atomic E-state index is 0.334. The van der Waals surface area contributed by atoms with E-state index in [1.807, 2.05) is 14.0 Å². The highest BCUT2D eigenvalue weighted by molar-refractivity contribution is 5.08. The average molecular weight is 181 g/mol. The van der Waals surface area contributed by atoms with E-state index in [1.165, 1.54) is 6.42 Å². The van der Waals surface area contributed by atoms with E-state index >= 15 is 0 Å². The van der Waals surface area contributed by atoms with Crippen molar-refractivity contribution < 1.29 is 0 Å². The fourth-order valence-electron chi connectivity index (χ4n) is 1.29. The number of hydrogen-bond donors (Lipinski definition) is 0. The molecule has 0 aliphatic rings. The molecule has 0 amide bonds. The zero-order valence-electron chi connectivity index (χ0n) is 9.26. The van der Waals surface area contributed by atoms with Crippen molar-refractivity contribution in [1.29, 1.82) is 0 Å². The van der Waals surface area contributed by atoms with Crippen molar-refractivity contribution in [3.05, 3.63) is 11.4 Å². The largest absolute Gasteiger partial charge is 0.188 e. The first-order chi connectivity index (χ1) is 5.94.